The molecule has 0 unspecified atom stereocenters. The Kier molecular flexibility index (Phi) is 4.46. The Hall–Kier alpha value is -1.79. The van der Waals surface area contributed by atoms with Crippen molar-refractivity contribution in [2.24, 2.45) is 5.41 Å². The SMILES string of the molecule is COCCCN1C[C@@H]2c3ccc(OC)cc3OC[C@]2(C(=O)O)C1. The third-order valence-electron chi connectivity index (χ3n) is 4.94. The van der Waals surface area contributed by atoms with E-state index in [2.05, 4.69) is 4.90 Å². The third kappa shape index (κ3) is 2.77. The predicted octanol–water partition coefficient (Wildman–Crippen LogP) is 1.59. The molecule has 2 aliphatic rings. The number of hydrogen-bond donors (Lipinski definition) is 1. The van der Waals surface area contributed by atoms with Crippen molar-refractivity contribution in [1.29, 1.82) is 0 Å². The Morgan fingerprint density at radius 2 is 2.30 bits per heavy atom. The van der Waals surface area contributed by atoms with Crippen LogP contribution in [0.15, 0.2) is 18.2 Å². The van der Waals surface area contributed by atoms with Crippen LogP contribution in [0.2, 0.25) is 0 Å². The Bertz CT molecular complexity index is 590. The number of hydrogen-bond acceptors (Lipinski definition) is 5. The number of benzene rings is 1. The summed E-state index contributed by atoms with van der Waals surface area (Å²) in [6, 6.07) is 5.65. The van der Waals surface area contributed by atoms with Gasteiger partial charge in [-0.05, 0) is 12.5 Å². The summed E-state index contributed by atoms with van der Waals surface area (Å²) in [5, 5.41) is 9.86. The van der Waals surface area contributed by atoms with Crippen LogP contribution in [0.25, 0.3) is 0 Å². The Labute approximate surface area is 135 Å². The molecular formula is C17H23NO5. The summed E-state index contributed by atoms with van der Waals surface area (Å²) in [6.07, 6.45) is 0.898. The normalized spacial score (nSPS) is 26.3. The van der Waals surface area contributed by atoms with E-state index in [0.717, 1.165) is 36.6 Å². The van der Waals surface area contributed by atoms with E-state index < -0.39 is 11.4 Å². The van der Waals surface area contributed by atoms with E-state index in [0.29, 0.717) is 13.2 Å². The minimum atomic E-state index is -0.866. The first-order valence-corrected chi connectivity index (χ1v) is 7.86. The lowest BCUT2D eigenvalue weighted by molar-refractivity contribution is -0.151. The summed E-state index contributed by atoms with van der Waals surface area (Å²) >= 11 is 0. The standard InChI is InChI=1S/C17H23NO5/c1-21-7-3-6-18-9-14-13-5-4-12(22-2)8-15(13)23-11-17(14,10-18)16(19)20/h4-5,8,14H,3,6-7,9-11H2,1-2H3,(H,19,20)/t14-,17-/m1/s1. The van der Waals surface area contributed by atoms with Gasteiger partial charge in [0.05, 0.1) is 7.11 Å². The second kappa shape index (κ2) is 6.37. The molecule has 0 aliphatic carbocycles. The number of carboxylic acids is 1. The number of nitrogens with zero attached hydrogens (tertiary/aromatic N) is 1. The van der Waals surface area contributed by atoms with E-state index >= 15 is 0 Å². The van der Waals surface area contributed by atoms with E-state index in [4.69, 9.17) is 14.2 Å². The molecular weight excluding hydrogens is 298 g/mol. The molecule has 6 nitrogen and oxygen atoms in total. The van der Waals surface area contributed by atoms with Gasteiger partial charge in [0.2, 0.25) is 0 Å². The van der Waals surface area contributed by atoms with Crippen molar-refractivity contribution in [2.45, 2.75) is 12.3 Å². The zero-order chi connectivity index (χ0) is 16.4. The molecule has 1 fully saturated rings. The third-order valence-corrected chi connectivity index (χ3v) is 4.94. The molecule has 126 valence electrons. The van der Waals surface area contributed by atoms with Crippen LogP contribution >= 0.6 is 0 Å². The van der Waals surface area contributed by atoms with Crippen molar-refractivity contribution in [3.05, 3.63) is 23.8 Å². The Balaban J connectivity index is 1.87. The number of likely N-dealkylation sites (tertiary alicyclic amines) is 1. The molecule has 0 saturated carbocycles. The zero-order valence-corrected chi connectivity index (χ0v) is 13.6. The lowest BCUT2D eigenvalue weighted by Crippen LogP contribution is -2.45. The van der Waals surface area contributed by atoms with Crippen molar-refractivity contribution < 1.29 is 24.1 Å². The molecule has 0 spiro atoms. The van der Waals surface area contributed by atoms with Gasteiger partial charge in [-0.2, -0.15) is 0 Å². The lowest BCUT2D eigenvalue weighted by Gasteiger charge is -2.36. The van der Waals surface area contributed by atoms with Crippen LogP contribution in [0.1, 0.15) is 17.9 Å². The van der Waals surface area contributed by atoms with Gasteiger partial charge < -0.3 is 24.2 Å². The van der Waals surface area contributed by atoms with Gasteiger partial charge in [0, 0.05) is 50.9 Å². The number of fused-ring (bicyclic) bond motifs is 3. The van der Waals surface area contributed by atoms with Gasteiger partial charge in [-0.3, -0.25) is 4.79 Å². The van der Waals surface area contributed by atoms with Crippen molar-refractivity contribution in [3.8, 4) is 11.5 Å². The topological polar surface area (TPSA) is 68.2 Å². The van der Waals surface area contributed by atoms with Crippen molar-refractivity contribution in [2.75, 3.05) is 47.1 Å². The maximum atomic E-state index is 12.0. The molecule has 0 amide bonds. The second-order valence-electron chi connectivity index (χ2n) is 6.29. The second-order valence-corrected chi connectivity index (χ2v) is 6.29. The highest BCUT2D eigenvalue weighted by atomic mass is 16.5. The highest BCUT2D eigenvalue weighted by Gasteiger charge is 2.56. The van der Waals surface area contributed by atoms with Gasteiger partial charge in [-0.15, -0.1) is 0 Å². The highest BCUT2D eigenvalue weighted by molar-refractivity contribution is 5.78. The first-order valence-electron chi connectivity index (χ1n) is 7.86. The smallest absolute Gasteiger partial charge is 0.315 e. The van der Waals surface area contributed by atoms with Crippen LogP contribution in [-0.4, -0.2) is 63.0 Å². The van der Waals surface area contributed by atoms with Gasteiger partial charge >= 0.3 is 5.97 Å². The van der Waals surface area contributed by atoms with Gasteiger partial charge in [0.1, 0.15) is 23.5 Å². The average molecular weight is 321 g/mol. The average Bonchev–Trinajstić information content (AvgIpc) is 2.95. The van der Waals surface area contributed by atoms with Crippen molar-refractivity contribution in [1.82, 2.24) is 4.90 Å². The Morgan fingerprint density at radius 1 is 1.48 bits per heavy atom. The maximum Gasteiger partial charge on any atom is 0.315 e. The fraction of sp³-hybridized carbons (Fsp3) is 0.588. The predicted molar refractivity (Wildman–Crippen MR) is 84.2 cm³/mol. The zero-order valence-electron chi connectivity index (χ0n) is 13.6. The van der Waals surface area contributed by atoms with Crippen LogP contribution in [0.4, 0.5) is 0 Å². The molecule has 0 bridgehead atoms. The first-order chi connectivity index (χ1) is 11.1. The lowest BCUT2D eigenvalue weighted by atomic mass is 9.73. The molecule has 0 radical (unpaired) electrons. The van der Waals surface area contributed by atoms with Crippen LogP contribution in [0, 0.1) is 5.41 Å². The van der Waals surface area contributed by atoms with E-state index in [1.165, 1.54) is 0 Å². The van der Waals surface area contributed by atoms with E-state index in [1.54, 1.807) is 14.2 Å². The molecule has 2 aliphatic heterocycles. The molecule has 1 N–H and O–H groups in total. The minimum absolute atomic E-state index is 0.0581. The largest absolute Gasteiger partial charge is 0.497 e. The van der Waals surface area contributed by atoms with Crippen LogP contribution in [-0.2, 0) is 9.53 Å². The van der Waals surface area contributed by atoms with Crippen LogP contribution in [0.5, 0.6) is 11.5 Å². The molecule has 6 heteroatoms. The highest BCUT2D eigenvalue weighted by Crippen LogP contribution is 2.50. The van der Waals surface area contributed by atoms with Gasteiger partial charge in [0.25, 0.3) is 0 Å². The van der Waals surface area contributed by atoms with Crippen LogP contribution in [0.3, 0.4) is 0 Å². The van der Waals surface area contributed by atoms with Gasteiger partial charge in [-0.1, -0.05) is 6.07 Å². The van der Waals surface area contributed by atoms with Crippen molar-refractivity contribution >= 4 is 5.97 Å². The summed E-state index contributed by atoms with van der Waals surface area (Å²) in [6.45, 7) is 2.98. The maximum absolute atomic E-state index is 12.0. The molecule has 2 atom stereocenters. The summed E-state index contributed by atoms with van der Waals surface area (Å²) in [4.78, 5) is 14.2. The quantitative estimate of drug-likeness (QED) is 0.803. The molecule has 1 saturated heterocycles. The monoisotopic (exact) mass is 321 g/mol. The van der Waals surface area contributed by atoms with Crippen molar-refractivity contribution in [3.63, 3.8) is 0 Å². The van der Waals surface area contributed by atoms with E-state index in [-0.39, 0.29) is 12.5 Å². The number of ether oxygens (including phenoxy) is 3. The number of carbonyl (C=O) groups is 1. The summed E-state index contributed by atoms with van der Waals surface area (Å²) in [5.74, 6) is 0.627. The molecule has 2 heterocycles. The molecule has 23 heavy (non-hydrogen) atoms. The number of aliphatic carboxylic acids is 1. The number of rotatable bonds is 6. The molecule has 1 aromatic rings. The number of carboxylic acid groups (broad SMARTS) is 1. The minimum Gasteiger partial charge on any atom is -0.497 e. The van der Waals surface area contributed by atoms with E-state index in [9.17, 15) is 9.90 Å². The van der Waals surface area contributed by atoms with E-state index in [1.807, 2.05) is 18.2 Å². The summed E-state index contributed by atoms with van der Waals surface area (Å²) in [5.41, 5.74) is 0.1000. The first kappa shape index (κ1) is 16.1. The molecule has 0 aromatic heterocycles. The summed E-state index contributed by atoms with van der Waals surface area (Å²) in [7, 11) is 3.29. The fourth-order valence-electron chi connectivity index (χ4n) is 3.69. The Morgan fingerprint density at radius 3 is 3.00 bits per heavy atom. The summed E-state index contributed by atoms with van der Waals surface area (Å²) < 4.78 is 16.1. The van der Waals surface area contributed by atoms with Gasteiger partial charge in [0.15, 0.2) is 0 Å². The van der Waals surface area contributed by atoms with Gasteiger partial charge in [-0.25, -0.2) is 0 Å². The fourth-order valence-corrected chi connectivity index (χ4v) is 3.69. The molecule has 1 aromatic carbocycles. The molecule has 3 rings (SSSR count). The van der Waals surface area contributed by atoms with Crippen LogP contribution < -0.4 is 9.47 Å². The number of methoxy groups -OCH3 is 2.